The summed E-state index contributed by atoms with van der Waals surface area (Å²) in [5.41, 5.74) is -0.000655. The Bertz CT molecular complexity index is 894. The molecule has 0 unspecified atom stereocenters. The summed E-state index contributed by atoms with van der Waals surface area (Å²) in [6.07, 6.45) is 3.61. The number of fused-ring (bicyclic) bond motifs is 1. The standard InChI is InChI=1S/C15H13N5O2/c21-14-12-5-2-1-4-11(12)13(17-18-14)15(22)19-8-10(9-19)20-7-3-6-16-20/h1-7,10H,8-9H2,(H,18,21). The van der Waals surface area contributed by atoms with Gasteiger partial charge in [0.25, 0.3) is 11.5 Å². The van der Waals surface area contributed by atoms with Crippen molar-refractivity contribution in [1.29, 1.82) is 0 Å². The van der Waals surface area contributed by atoms with Crippen LogP contribution < -0.4 is 5.56 Å². The smallest absolute Gasteiger partial charge is 0.275 e. The van der Waals surface area contributed by atoms with Gasteiger partial charge in [0, 0.05) is 30.9 Å². The molecule has 2 aromatic heterocycles. The maximum atomic E-state index is 12.6. The lowest BCUT2D eigenvalue weighted by Crippen LogP contribution is -2.51. The van der Waals surface area contributed by atoms with Crippen LogP contribution in [-0.4, -0.2) is 43.9 Å². The first-order chi connectivity index (χ1) is 10.7. The number of H-pyrrole nitrogens is 1. The van der Waals surface area contributed by atoms with Crippen LogP contribution in [0.3, 0.4) is 0 Å². The molecule has 1 amide bonds. The highest BCUT2D eigenvalue weighted by molar-refractivity contribution is 6.05. The molecular weight excluding hydrogens is 282 g/mol. The molecule has 0 bridgehead atoms. The van der Waals surface area contributed by atoms with E-state index in [4.69, 9.17) is 0 Å². The zero-order chi connectivity index (χ0) is 15.1. The molecule has 22 heavy (non-hydrogen) atoms. The first kappa shape index (κ1) is 12.8. The van der Waals surface area contributed by atoms with E-state index >= 15 is 0 Å². The van der Waals surface area contributed by atoms with Crippen LogP contribution in [0.15, 0.2) is 47.5 Å². The molecule has 0 saturated carbocycles. The van der Waals surface area contributed by atoms with Crippen LogP contribution in [0.25, 0.3) is 10.8 Å². The topological polar surface area (TPSA) is 83.9 Å². The number of hydrogen-bond donors (Lipinski definition) is 1. The molecule has 1 N–H and O–H groups in total. The molecule has 1 fully saturated rings. The highest BCUT2D eigenvalue weighted by Crippen LogP contribution is 2.23. The van der Waals surface area contributed by atoms with Crippen molar-refractivity contribution in [2.45, 2.75) is 6.04 Å². The number of likely N-dealkylation sites (tertiary alicyclic amines) is 1. The van der Waals surface area contributed by atoms with Gasteiger partial charge in [-0.2, -0.15) is 10.2 Å². The second-order valence-electron chi connectivity index (χ2n) is 5.30. The van der Waals surface area contributed by atoms with Gasteiger partial charge >= 0.3 is 0 Å². The van der Waals surface area contributed by atoms with Crippen LogP contribution in [-0.2, 0) is 0 Å². The SMILES string of the molecule is O=C(c1n[nH]c(=O)c2ccccc12)N1CC(n2cccn2)C1. The molecule has 1 saturated heterocycles. The Morgan fingerprint density at radius 3 is 2.68 bits per heavy atom. The lowest BCUT2D eigenvalue weighted by molar-refractivity contribution is 0.0496. The second-order valence-corrected chi connectivity index (χ2v) is 5.30. The zero-order valence-electron chi connectivity index (χ0n) is 11.6. The average Bonchev–Trinajstić information content (AvgIpc) is 3.00. The van der Waals surface area contributed by atoms with Crippen LogP contribution in [0.4, 0.5) is 0 Å². The number of aromatic nitrogens is 4. The van der Waals surface area contributed by atoms with Crippen LogP contribution in [0.1, 0.15) is 16.5 Å². The normalized spacial score (nSPS) is 15.0. The lowest BCUT2D eigenvalue weighted by Gasteiger charge is -2.38. The predicted octanol–water partition coefficient (Wildman–Crippen LogP) is 0.817. The Morgan fingerprint density at radius 1 is 1.18 bits per heavy atom. The summed E-state index contributed by atoms with van der Waals surface area (Å²) in [5.74, 6) is -0.171. The number of rotatable bonds is 2. The maximum Gasteiger partial charge on any atom is 0.275 e. The molecule has 1 aromatic carbocycles. The van der Waals surface area contributed by atoms with Crippen molar-refractivity contribution in [2.75, 3.05) is 13.1 Å². The van der Waals surface area contributed by atoms with Crippen molar-refractivity contribution >= 4 is 16.7 Å². The van der Waals surface area contributed by atoms with E-state index in [0.717, 1.165) is 0 Å². The Kier molecular flexibility index (Phi) is 2.78. The third kappa shape index (κ3) is 1.90. The fourth-order valence-corrected chi connectivity index (χ4v) is 2.71. The van der Waals surface area contributed by atoms with Crippen LogP contribution in [0.2, 0.25) is 0 Å². The van der Waals surface area contributed by atoms with Crippen molar-refractivity contribution in [2.24, 2.45) is 0 Å². The van der Waals surface area contributed by atoms with E-state index in [1.807, 2.05) is 16.9 Å². The van der Waals surface area contributed by atoms with Crippen LogP contribution >= 0.6 is 0 Å². The second kappa shape index (κ2) is 4.80. The average molecular weight is 295 g/mol. The summed E-state index contributed by atoms with van der Waals surface area (Å²) >= 11 is 0. The maximum absolute atomic E-state index is 12.6. The number of aromatic amines is 1. The molecule has 4 rings (SSSR count). The van der Waals surface area contributed by atoms with Crippen molar-refractivity contribution in [1.82, 2.24) is 24.9 Å². The van der Waals surface area contributed by atoms with Gasteiger partial charge < -0.3 is 4.90 Å². The summed E-state index contributed by atoms with van der Waals surface area (Å²) in [5, 5.41) is 11.6. The van der Waals surface area contributed by atoms with Gasteiger partial charge in [-0.25, -0.2) is 5.10 Å². The van der Waals surface area contributed by atoms with Crippen LogP contribution in [0.5, 0.6) is 0 Å². The number of nitrogens with zero attached hydrogens (tertiary/aromatic N) is 4. The molecule has 1 aliphatic heterocycles. The Labute approximate surface area is 125 Å². The monoisotopic (exact) mass is 295 g/mol. The van der Waals surface area contributed by atoms with E-state index < -0.39 is 0 Å². The summed E-state index contributed by atoms with van der Waals surface area (Å²) in [6.45, 7) is 1.19. The van der Waals surface area contributed by atoms with Gasteiger partial charge in [0.05, 0.1) is 11.4 Å². The van der Waals surface area contributed by atoms with Gasteiger partial charge in [0.1, 0.15) is 0 Å². The van der Waals surface area contributed by atoms with Crippen LogP contribution in [0, 0.1) is 0 Å². The number of hydrogen-bond acceptors (Lipinski definition) is 4. The van der Waals surface area contributed by atoms with E-state index in [0.29, 0.717) is 23.9 Å². The molecule has 3 heterocycles. The molecule has 3 aromatic rings. The predicted molar refractivity (Wildman–Crippen MR) is 79.5 cm³/mol. The lowest BCUT2D eigenvalue weighted by atomic mass is 10.1. The van der Waals surface area contributed by atoms with E-state index in [2.05, 4.69) is 15.3 Å². The first-order valence-corrected chi connectivity index (χ1v) is 7.00. The minimum absolute atomic E-state index is 0.171. The van der Waals surface area contributed by atoms with Gasteiger partial charge in [-0.1, -0.05) is 18.2 Å². The van der Waals surface area contributed by atoms with Crippen molar-refractivity contribution in [3.63, 3.8) is 0 Å². The van der Waals surface area contributed by atoms with E-state index in [-0.39, 0.29) is 23.2 Å². The fraction of sp³-hybridized carbons (Fsp3) is 0.200. The van der Waals surface area contributed by atoms with E-state index in [1.54, 1.807) is 35.4 Å². The highest BCUT2D eigenvalue weighted by Gasteiger charge is 2.34. The van der Waals surface area contributed by atoms with Gasteiger partial charge in [-0.05, 0) is 12.1 Å². The zero-order valence-corrected chi connectivity index (χ0v) is 11.6. The highest BCUT2D eigenvalue weighted by atomic mass is 16.2. The summed E-state index contributed by atoms with van der Waals surface area (Å²) in [6, 6.07) is 9.06. The Hall–Kier alpha value is -2.96. The molecule has 7 heteroatoms. The van der Waals surface area contributed by atoms with Gasteiger partial charge in [0.2, 0.25) is 0 Å². The third-order valence-electron chi connectivity index (χ3n) is 3.95. The number of carbonyl (C=O) groups is 1. The molecule has 0 atom stereocenters. The number of benzene rings is 1. The van der Waals surface area contributed by atoms with E-state index in [9.17, 15) is 9.59 Å². The molecule has 1 aliphatic rings. The molecule has 7 nitrogen and oxygen atoms in total. The fourth-order valence-electron chi connectivity index (χ4n) is 2.71. The quantitative estimate of drug-likeness (QED) is 0.758. The third-order valence-corrected chi connectivity index (χ3v) is 3.95. The summed E-state index contributed by atoms with van der Waals surface area (Å²) in [4.78, 5) is 26.0. The summed E-state index contributed by atoms with van der Waals surface area (Å²) < 4.78 is 1.85. The van der Waals surface area contributed by atoms with E-state index in [1.165, 1.54) is 0 Å². The molecule has 0 radical (unpaired) electrons. The largest absolute Gasteiger partial charge is 0.333 e. The van der Waals surface area contributed by atoms with Gasteiger partial charge in [-0.15, -0.1) is 0 Å². The molecule has 110 valence electrons. The molecular formula is C15H13N5O2. The number of amides is 1. The number of carbonyl (C=O) groups excluding carboxylic acids is 1. The number of nitrogens with one attached hydrogen (secondary N) is 1. The Morgan fingerprint density at radius 2 is 1.95 bits per heavy atom. The minimum atomic E-state index is -0.287. The minimum Gasteiger partial charge on any atom is -0.333 e. The van der Waals surface area contributed by atoms with Gasteiger partial charge in [0.15, 0.2) is 5.69 Å². The van der Waals surface area contributed by atoms with Gasteiger partial charge in [-0.3, -0.25) is 14.3 Å². The Balaban J connectivity index is 1.62. The van der Waals surface area contributed by atoms with Crippen molar-refractivity contribution < 1.29 is 4.79 Å². The first-order valence-electron chi connectivity index (χ1n) is 7.00. The molecule has 0 aliphatic carbocycles. The summed E-state index contributed by atoms with van der Waals surface area (Å²) in [7, 11) is 0. The van der Waals surface area contributed by atoms with Crippen molar-refractivity contribution in [3.8, 4) is 0 Å². The van der Waals surface area contributed by atoms with Crippen molar-refractivity contribution in [3.05, 3.63) is 58.8 Å². The molecule has 0 spiro atoms.